The van der Waals surface area contributed by atoms with E-state index < -0.39 is 0 Å². The number of halogens is 2. The van der Waals surface area contributed by atoms with Crippen LogP contribution in [0.3, 0.4) is 0 Å². The Kier molecular flexibility index (Phi) is 5.26. The molecule has 6 heteroatoms. The van der Waals surface area contributed by atoms with E-state index in [2.05, 4.69) is 15.6 Å². The Balaban J connectivity index is 1.58. The minimum absolute atomic E-state index is 0.169. The summed E-state index contributed by atoms with van der Waals surface area (Å²) in [4.78, 5) is 16.3. The van der Waals surface area contributed by atoms with Crippen molar-refractivity contribution in [1.29, 1.82) is 0 Å². The molecule has 1 heterocycles. The van der Waals surface area contributed by atoms with Gasteiger partial charge in [-0.1, -0.05) is 29.8 Å². The number of pyridine rings is 1. The smallest absolute Gasteiger partial charge is 0.228 e. The minimum atomic E-state index is -0.323. The third-order valence-electron chi connectivity index (χ3n) is 3.42. The molecule has 0 aliphatic heterocycles. The van der Waals surface area contributed by atoms with Gasteiger partial charge in [0.2, 0.25) is 5.91 Å². The number of hydrogen-bond acceptors (Lipinski definition) is 3. The zero-order valence-corrected chi connectivity index (χ0v) is 13.9. The fourth-order valence-electron chi connectivity index (χ4n) is 2.25. The van der Waals surface area contributed by atoms with Crippen LogP contribution >= 0.6 is 11.6 Å². The zero-order chi connectivity index (χ0) is 17.6. The Morgan fingerprint density at radius 2 is 1.84 bits per heavy atom. The molecule has 0 saturated carbocycles. The lowest BCUT2D eigenvalue weighted by Crippen LogP contribution is -2.14. The first-order valence-electron chi connectivity index (χ1n) is 7.61. The van der Waals surface area contributed by atoms with Gasteiger partial charge in [-0.3, -0.25) is 4.79 Å². The highest BCUT2D eigenvalue weighted by molar-refractivity contribution is 6.30. The summed E-state index contributed by atoms with van der Waals surface area (Å²) in [6.45, 7) is 0. The Morgan fingerprint density at radius 3 is 2.52 bits per heavy atom. The second-order valence-electron chi connectivity index (χ2n) is 5.42. The second kappa shape index (κ2) is 7.77. The number of benzene rings is 2. The molecule has 2 N–H and O–H groups in total. The number of rotatable bonds is 5. The summed E-state index contributed by atoms with van der Waals surface area (Å²) >= 11 is 5.94. The van der Waals surface area contributed by atoms with Gasteiger partial charge in [-0.15, -0.1) is 0 Å². The van der Waals surface area contributed by atoms with Gasteiger partial charge in [0.15, 0.2) is 0 Å². The topological polar surface area (TPSA) is 54.0 Å². The summed E-state index contributed by atoms with van der Waals surface area (Å²) in [7, 11) is 0. The van der Waals surface area contributed by atoms with Crippen molar-refractivity contribution in [3.05, 3.63) is 83.3 Å². The highest BCUT2D eigenvalue weighted by Crippen LogP contribution is 2.19. The average molecular weight is 356 g/mol. The monoisotopic (exact) mass is 355 g/mol. The van der Waals surface area contributed by atoms with Gasteiger partial charge in [0.25, 0.3) is 0 Å². The van der Waals surface area contributed by atoms with E-state index in [0.29, 0.717) is 16.5 Å². The van der Waals surface area contributed by atoms with Crippen LogP contribution in [-0.4, -0.2) is 10.9 Å². The maximum Gasteiger partial charge on any atom is 0.228 e. The van der Waals surface area contributed by atoms with Gasteiger partial charge in [0, 0.05) is 10.7 Å². The van der Waals surface area contributed by atoms with Crippen LogP contribution in [0.25, 0.3) is 0 Å². The first-order valence-corrected chi connectivity index (χ1v) is 7.99. The normalized spacial score (nSPS) is 10.3. The lowest BCUT2D eigenvalue weighted by Gasteiger charge is -2.08. The van der Waals surface area contributed by atoms with Gasteiger partial charge in [0.1, 0.15) is 11.6 Å². The SMILES string of the molecule is O=C(Cc1ccc(F)cc1)Nc1ccc(Nc2cccc(Cl)c2)nc1. The lowest BCUT2D eigenvalue weighted by molar-refractivity contribution is -0.115. The van der Waals surface area contributed by atoms with Crippen LogP contribution in [0, 0.1) is 5.82 Å². The Bertz CT molecular complexity index is 867. The van der Waals surface area contributed by atoms with Crippen LogP contribution in [0.5, 0.6) is 0 Å². The number of hydrogen-bond donors (Lipinski definition) is 2. The molecule has 1 aromatic heterocycles. The minimum Gasteiger partial charge on any atom is -0.340 e. The predicted molar refractivity (Wildman–Crippen MR) is 97.7 cm³/mol. The highest BCUT2D eigenvalue weighted by Gasteiger charge is 2.05. The van der Waals surface area contributed by atoms with E-state index in [1.54, 1.807) is 42.6 Å². The van der Waals surface area contributed by atoms with E-state index in [1.165, 1.54) is 12.1 Å². The Morgan fingerprint density at radius 1 is 1.04 bits per heavy atom. The zero-order valence-electron chi connectivity index (χ0n) is 13.2. The van der Waals surface area contributed by atoms with Crippen molar-refractivity contribution < 1.29 is 9.18 Å². The van der Waals surface area contributed by atoms with Crippen molar-refractivity contribution in [3.8, 4) is 0 Å². The molecular weight excluding hydrogens is 341 g/mol. The number of nitrogens with one attached hydrogen (secondary N) is 2. The highest BCUT2D eigenvalue weighted by atomic mass is 35.5. The third-order valence-corrected chi connectivity index (χ3v) is 3.66. The van der Waals surface area contributed by atoms with E-state index in [4.69, 9.17) is 11.6 Å². The van der Waals surface area contributed by atoms with Crippen LogP contribution in [0.4, 0.5) is 21.6 Å². The quantitative estimate of drug-likeness (QED) is 0.691. The third kappa shape index (κ3) is 5.02. The van der Waals surface area contributed by atoms with Gasteiger partial charge in [-0.25, -0.2) is 9.37 Å². The van der Waals surface area contributed by atoms with Crippen molar-refractivity contribution in [2.24, 2.45) is 0 Å². The second-order valence-corrected chi connectivity index (χ2v) is 5.86. The van der Waals surface area contributed by atoms with Crippen molar-refractivity contribution in [1.82, 2.24) is 4.98 Å². The molecule has 0 aliphatic rings. The molecule has 0 unspecified atom stereocenters. The van der Waals surface area contributed by atoms with Crippen LogP contribution in [0.15, 0.2) is 66.9 Å². The molecule has 4 nitrogen and oxygen atoms in total. The summed E-state index contributed by atoms with van der Waals surface area (Å²) in [6.07, 6.45) is 1.73. The summed E-state index contributed by atoms with van der Waals surface area (Å²) in [5, 5.41) is 6.52. The molecule has 25 heavy (non-hydrogen) atoms. The van der Waals surface area contributed by atoms with Crippen LogP contribution in [-0.2, 0) is 11.2 Å². The summed E-state index contributed by atoms with van der Waals surface area (Å²) < 4.78 is 12.9. The lowest BCUT2D eigenvalue weighted by atomic mass is 10.1. The molecule has 0 bridgehead atoms. The number of anilines is 3. The van der Waals surface area contributed by atoms with Gasteiger partial charge in [-0.2, -0.15) is 0 Å². The van der Waals surface area contributed by atoms with Crippen LogP contribution < -0.4 is 10.6 Å². The molecule has 3 rings (SSSR count). The van der Waals surface area contributed by atoms with Gasteiger partial charge in [-0.05, 0) is 48.0 Å². The Labute approximate surface area is 149 Å². The molecule has 0 radical (unpaired) electrons. The number of carbonyl (C=O) groups excluding carboxylic acids is 1. The largest absolute Gasteiger partial charge is 0.340 e. The predicted octanol–water partition coefficient (Wildman–Crippen LogP) is 4.80. The first kappa shape index (κ1) is 16.9. The number of nitrogens with zero attached hydrogens (tertiary/aromatic N) is 1. The fourth-order valence-corrected chi connectivity index (χ4v) is 2.44. The van der Waals surface area contributed by atoms with Crippen molar-refractivity contribution >= 4 is 34.7 Å². The summed E-state index contributed by atoms with van der Waals surface area (Å²) in [5.41, 5.74) is 2.16. The molecule has 2 aromatic carbocycles. The average Bonchev–Trinajstić information content (AvgIpc) is 2.59. The molecule has 126 valence electrons. The molecule has 0 saturated heterocycles. The van der Waals surface area contributed by atoms with Crippen molar-refractivity contribution in [2.45, 2.75) is 6.42 Å². The van der Waals surface area contributed by atoms with E-state index in [9.17, 15) is 9.18 Å². The standard InChI is InChI=1S/C19H15ClFN3O/c20-14-2-1-3-16(11-14)23-18-9-8-17(12-22-18)24-19(25)10-13-4-6-15(21)7-5-13/h1-9,11-12H,10H2,(H,22,23)(H,24,25). The number of carbonyl (C=O) groups is 1. The van der Waals surface area contributed by atoms with E-state index in [-0.39, 0.29) is 18.1 Å². The van der Waals surface area contributed by atoms with Gasteiger partial charge in [0.05, 0.1) is 18.3 Å². The molecule has 0 aliphatic carbocycles. The molecule has 1 amide bonds. The van der Waals surface area contributed by atoms with E-state index in [1.807, 2.05) is 12.1 Å². The summed E-state index contributed by atoms with van der Waals surface area (Å²) in [5.74, 6) is 0.124. The summed E-state index contributed by atoms with van der Waals surface area (Å²) in [6, 6.07) is 16.7. The molecule has 0 fully saturated rings. The van der Waals surface area contributed by atoms with E-state index >= 15 is 0 Å². The van der Waals surface area contributed by atoms with Crippen LogP contribution in [0.2, 0.25) is 5.02 Å². The molecule has 0 spiro atoms. The maximum absolute atomic E-state index is 12.9. The number of aromatic nitrogens is 1. The van der Waals surface area contributed by atoms with E-state index in [0.717, 1.165) is 11.3 Å². The van der Waals surface area contributed by atoms with Crippen molar-refractivity contribution in [3.63, 3.8) is 0 Å². The fraction of sp³-hybridized carbons (Fsp3) is 0.0526. The van der Waals surface area contributed by atoms with Crippen LogP contribution in [0.1, 0.15) is 5.56 Å². The van der Waals surface area contributed by atoms with Crippen molar-refractivity contribution in [2.75, 3.05) is 10.6 Å². The molecular formula is C19H15ClFN3O. The molecule has 3 aromatic rings. The van der Waals surface area contributed by atoms with Gasteiger partial charge >= 0.3 is 0 Å². The number of amides is 1. The molecule has 0 atom stereocenters. The first-order chi connectivity index (χ1) is 12.1. The Hall–Kier alpha value is -2.92. The van der Waals surface area contributed by atoms with Gasteiger partial charge < -0.3 is 10.6 Å². The maximum atomic E-state index is 12.9.